The number of likely N-dealkylation sites (tertiary alicyclic amines) is 1. The second-order valence-corrected chi connectivity index (χ2v) is 10.2. The van der Waals surface area contributed by atoms with Crippen molar-refractivity contribution in [3.8, 4) is 0 Å². The largest absolute Gasteiger partial charge is 0.371 e. The highest BCUT2D eigenvalue weighted by molar-refractivity contribution is 5.95. The fraction of sp³-hybridized carbons (Fsp3) is 0.393. The summed E-state index contributed by atoms with van der Waals surface area (Å²) in [4.78, 5) is 42.8. The van der Waals surface area contributed by atoms with Crippen molar-refractivity contribution in [1.29, 1.82) is 0 Å². The Morgan fingerprint density at radius 1 is 0.944 bits per heavy atom. The molecule has 0 radical (unpaired) electrons. The zero-order valence-corrected chi connectivity index (χ0v) is 20.3. The van der Waals surface area contributed by atoms with Crippen molar-refractivity contribution in [2.45, 2.75) is 38.1 Å². The fourth-order valence-corrected chi connectivity index (χ4v) is 6.03. The minimum atomic E-state index is -0.239. The summed E-state index contributed by atoms with van der Waals surface area (Å²) in [5.74, 6) is -0.144. The molecule has 184 valence electrons. The molecular weight excluding hydrogens is 452 g/mol. The van der Waals surface area contributed by atoms with Crippen molar-refractivity contribution in [2.75, 3.05) is 31.1 Å². The van der Waals surface area contributed by atoms with Crippen LogP contribution in [0.15, 0.2) is 61.3 Å². The number of piperidine rings is 1. The number of nitrogens with one attached hydrogen (secondary N) is 1. The smallest absolute Gasteiger partial charge is 0.271 e. The normalized spacial score (nSPS) is 20.4. The van der Waals surface area contributed by atoms with E-state index in [0.29, 0.717) is 11.3 Å². The van der Waals surface area contributed by atoms with Crippen molar-refractivity contribution in [1.82, 2.24) is 25.2 Å². The third-order valence-electron chi connectivity index (χ3n) is 8.15. The number of pyridine rings is 1. The predicted octanol–water partition coefficient (Wildman–Crippen LogP) is 3.42. The number of hydrogen-bond acceptors (Lipinski definition) is 6. The highest BCUT2D eigenvalue weighted by Gasteiger charge is 2.42. The van der Waals surface area contributed by atoms with Crippen LogP contribution >= 0.6 is 0 Å². The minimum Gasteiger partial charge on any atom is -0.371 e. The second kappa shape index (κ2) is 9.33. The molecule has 0 bridgehead atoms. The van der Waals surface area contributed by atoms with Crippen LogP contribution in [0.25, 0.3) is 0 Å². The van der Waals surface area contributed by atoms with E-state index in [9.17, 15) is 9.59 Å². The predicted molar refractivity (Wildman–Crippen MR) is 136 cm³/mol. The highest BCUT2D eigenvalue weighted by atomic mass is 16.2. The third kappa shape index (κ3) is 4.32. The fourth-order valence-electron chi connectivity index (χ4n) is 6.03. The zero-order valence-electron chi connectivity index (χ0n) is 20.3. The molecule has 2 fully saturated rings. The number of carbonyl (C=O) groups excluding carboxylic acids is 2. The lowest BCUT2D eigenvalue weighted by Gasteiger charge is -2.40. The van der Waals surface area contributed by atoms with Crippen LogP contribution in [-0.4, -0.2) is 57.8 Å². The van der Waals surface area contributed by atoms with Crippen molar-refractivity contribution in [3.63, 3.8) is 0 Å². The lowest BCUT2D eigenvalue weighted by atomic mass is 9.77. The van der Waals surface area contributed by atoms with Gasteiger partial charge in [0, 0.05) is 62.2 Å². The molecule has 8 heteroatoms. The van der Waals surface area contributed by atoms with Gasteiger partial charge in [0.2, 0.25) is 0 Å². The summed E-state index contributed by atoms with van der Waals surface area (Å²) in [5, 5.41) is 3.08. The van der Waals surface area contributed by atoms with E-state index in [1.165, 1.54) is 23.6 Å². The first-order valence-corrected chi connectivity index (χ1v) is 12.7. The molecule has 1 aromatic carbocycles. The van der Waals surface area contributed by atoms with Crippen LogP contribution in [-0.2, 0) is 6.42 Å². The Morgan fingerprint density at radius 3 is 2.53 bits per heavy atom. The number of carbonyl (C=O) groups is 2. The van der Waals surface area contributed by atoms with Gasteiger partial charge in [-0.05, 0) is 72.9 Å². The molecule has 36 heavy (non-hydrogen) atoms. The third-order valence-corrected chi connectivity index (χ3v) is 8.15. The molecule has 3 aromatic rings. The first kappa shape index (κ1) is 22.6. The topological polar surface area (TPSA) is 91.3 Å². The van der Waals surface area contributed by atoms with Crippen molar-refractivity contribution < 1.29 is 9.59 Å². The maximum Gasteiger partial charge on any atom is 0.271 e. The van der Waals surface area contributed by atoms with E-state index in [4.69, 9.17) is 0 Å². The summed E-state index contributed by atoms with van der Waals surface area (Å²) in [5.41, 5.74) is 4.68. The van der Waals surface area contributed by atoms with E-state index >= 15 is 0 Å². The van der Waals surface area contributed by atoms with Gasteiger partial charge in [0.15, 0.2) is 0 Å². The molecule has 3 aliphatic rings. The van der Waals surface area contributed by atoms with E-state index in [0.717, 1.165) is 63.8 Å². The zero-order chi connectivity index (χ0) is 24.5. The van der Waals surface area contributed by atoms with Gasteiger partial charge in [0.1, 0.15) is 5.69 Å². The Labute approximate surface area is 210 Å². The van der Waals surface area contributed by atoms with Gasteiger partial charge in [0.05, 0.1) is 12.2 Å². The number of aryl methyl sites for hydroxylation is 1. The van der Waals surface area contributed by atoms with Gasteiger partial charge in [-0.1, -0.05) is 6.07 Å². The Bertz CT molecular complexity index is 1260. The van der Waals surface area contributed by atoms with Gasteiger partial charge in [-0.15, -0.1) is 0 Å². The standard InChI is InChI=1S/C28H30N6O2/c35-26(25-18-30-12-13-31-25)32-24-4-3-20-1-2-21(17-23(20)24)27(36)34-16-9-28(19-34)7-14-33(15-8-28)22-5-10-29-11-6-22/h1-2,5-6,10-13,17-18,24H,3-4,7-9,14-16,19H2,(H,32,35). The van der Waals surface area contributed by atoms with E-state index in [-0.39, 0.29) is 23.3 Å². The molecule has 2 saturated heterocycles. The Kier molecular flexibility index (Phi) is 5.87. The molecule has 8 nitrogen and oxygen atoms in total. The number of aromatic nitrogens is 3. The van der Waals surface area contributed by atoms with Gasteiger partial charge in [-0.25, -0.2) is 4.98 Å². The molecule has 4 heterocycles. The van der Waals surface area contributed by atoms with Crippen LogP contribution in [0.4, 0.5) is 5.69 Å². The molecular formula is C28H30N6O2. The van der Waals surface area contributed by atoms with Crippen molar-refractivity contribution >= 4 is 17.5 Å². The lowest BCUT2D eigenvalue weighted by Crippen LogP contribution is -2.42. The monoisotopic (exact) mass is 482 g/mol. The second-order valence-electron chi connectivity index (χ2n) is 10.2. The first-order chi connectivity index (χ1) is 17.6. The van der Waals surface area contributed by atoms with Gasteiger partial charge in [-0.2, -0.15) is 0 Å². The molecule has 1 spiro atoms. The SMILES string of the molecule is O=C(NC1CCc2ccc(C(=O)N3CCC4(CCN(c5ccncc5)CC4)C3)cc21)c1cnccn1. The van der Waals surface area contributed by atoms with E-state index in [1.54, 1.807) is 6.20 Å². The number of fused-ring (bicyclic) bond motifs is 1. The molecule has 1 N–H and O–H groups in total. The Hall–Kier alpha value is -3.81. The molecule has 2 aromatic heterocycles. The molecule has 2 amide bonds. The summed E-state index contributed by atoms with van der Waals surface area (Å²) in [6.45, 7) is 3.65. The van der Waals surface area contributed by atoms with E-state index in [1.807, 2.05) is 29.4 Å². The maximum atomic E-state index is 13.5. The highest BCUT2D eigenvalue weighted by Crippen LogP contribution is 2.42. The molecule has 2 aliphatic heterocycles. The Balaban J connectivity index is 1.11. The van der Waals surface area contributed by atoms with E-state index < -0.39 is 0 Å². The van der Waals surface area contributed by atoms with Crippen LogP contribution in [0, 0.1) is 5.41 Å². The van der Waals surface area contributed by atoms with Crippen LogP contribution in [0.1, 0.15) is 63.7 Å². The molecule has 1 unspecified atom stereocenters. The maximum absolute atomic E-state index is 13.5. The number of hydrogen-bond donors (Lipinski definition) is 1. The van der Waals surface area contributed by atoms with Gasteiger partial charge < -0.3 is 15.1 Å². The van der Waals surface area contributed by atoms with Crippen LogP contribution in [0.2, 0.25) is 0 Å². The van der Waals surface area contributed by atoms with Crippen molar-refractivity contribution in [2.24, 2.45) is 5.41 Å². The summed E-state index contributed by atoms with van der Waals surface area (Å²) in [6, 6.07) is 10.0. The number of nitrogens with zero attached hydrogens (tertiary/aromatic N) is 5. The lowest BCUT2D eigenvalue weighted by molar-refractivity contribution is 0.0764. The van der Waals surface area contributed by atoms with Crippen molar-refractivity contribution in [3.05, 3.63) is 83.7 Å². The van der Waals surface area contributed by atoms with Crippen LogP contribution in [0.3, 0.4) is 0 Å². The number of benzene rings is 1. The summed E-state index contributed by atoms with van der Waals surface area (Å²) < 4.78 is 0. The molecule has 6 rings (SSSR count). The number of rotatable bonds is 4. The summed E-state index contributed by atoms with van der Waals surface area (Å²) >= 11 is 0. The van der Waals surface area contributed by atoms with Gasteiger partial charge >= 0.3 is 0 Å². The van der Waals surface area contributed by atoms with Gasteiger partial charge in [-0.3, -0.25) is 19.6 Å². The first-order valence-electron chi connectivity index (χ1n) is 12.7. The number of anilines is 1. The minimum absolute atomic E-state index is 0.0946. The van der Waals surface area contributed by atoms with Crippen LogP contribution < -0.4 is 10.2 Å². The number of amides is 2. The molecule has 1 atom stereocenters. The summed E-state index contributed by atoms with van der Waals surface area (Å²) in [6.07, 6.45) is 13.2. The molecule has 0 saturated carbocycles. The summed E-state index contributed by atoms with van der Waals surface area (Å²) in [7, 11) is 0. The Morgan fingerprint density at radius 2 is 1.75 bits per heavy atom. The van der Waals surface area contributed by atoms with Crippen LogP contribution in [0.5, 0.6) is 0 Å². The molecule has 1 aliphatic carbocycles. The average molecular weight is 483 g/mol. The average Bonchev–Trinajstić information content (AvgIpc) is 3.53. The van der Waals surface area contributed by atoms with Gasteiger partial charge in [0.25, 0.3) is 11.8 Å². The quantitative estimate of drug-likeness (QED) is 0.613. The van der Waals surface area contributed by atoms with E-state index in [2.05, 4.69) is 43.4 Å².